The number of sulfonamides is 1. The number of anilines is 1. The van der Waals surface area contributed by atoms with E-state index in [0.717, 1.165) is 0 Å². The summed E-state index contributed by atoms with van der Waals surface area (Å²) >= 11 is 0. The molecule has 1 aromatic heterocycles. The molecule has 3 N–H and O–H groups in total. The van der Waals surface area contributed by atoms with E-state index in [1.807, 2.05) is 0 Å². The van der Waals surface area contributed by atoms with Gasteiger partial charge in [0, 0.05) is 36.6 Å². The van der Waals surface area contributed by atoms with E-state index < -0.39 is 45.5 Å². The molecule has 150 valence electrons. The van der Waals surface area contributed by atoms with Crippen LogP contribution < -0.4 is 10.0 Å². The zero-order valence-electron chi connectivity index (χ0n) is 14.7. The predicted molar refractivity (Wildman–Crippen MR) is 94.5 cm³/mol. The molecule has 0 aliphatic carbocycles. The number of aliphatic hydroxyl groups excluding tert-OH is 1. The van der Waals surface area contributed by atoms with Crippen LogP contribution in [0.4, 0.5) is 18.9 Å². The molecule has 0 saturated heterocycles. The number of carbonyl (C=O) groups excluding carboxylic acids is 1. The summed E-state index contributed by atoms with van der Waals surface area (Å²) in [7, 11) is -2.62. The highest BCUT2D eigenvalue weighted by Crippen LogP contribution is 2.28. The maximum Gasteiger partial charge on any atom is 0.272 e. The van der Waals surface area contributed by atoms with Crippen LogP contribution in [0.15, 0.2) is 29.3 Å². The van der Waals surface area contributed by atoms with Crippen LogP contribution in [0.1, 0.15) is 23.0 Å². The number of hydrogen-bond donors (Lipinski definition) is 3. The van der Waals surface area contributed by atoms with Crippen LogP contribution in [0.5, 0.6) is 0 Å². The minimum atomic E-state index is -4.04. The normalized spacial score (nSPS) is 19.0. The highest BCUT2D eigenvalue weighted by atomic mass is 32.2. The third kappa shape index (κ3) is 3.55. The first-order valence-electron chi connectivity index (χ1n) is 8.05. The number of benzene rings is 1. The van der Waals surface area contributed by atoms with E-state index in [2.05, 4.69) is 10.0 Å². The maximum atomic E-state index is 13.4. The van der Waals surface area contributed by atoms with Gasteiger partial charge in [-0.1, -0.05) is 12.2 Å². The van der Waals surface area contributed by atoms with Gasteiger partial charge in [-0.25, -0.2) is 26.3 Å². The molecular weight excluding hydrogens is 399 g/mol. The van der Waals surface area contributed by atoms with Crippen molar-refractivity contribution in [2.45, 2.75) is 24.0 Å². The Morgan fingerprint density at radius 3 is 2.46 bits per heavy atom. The molecule has 28 heavy (non-hydrogen) atoms. The van der Waals surface area contributed by atoms with E-state index in [9.17, 15) is 31.5 Å². The quantitative estimate of drug-likeness (QED) is 0.665. The Bertz CT molecular complexity index is 1070. The number of carbonyl (C=O) groups is 1. The Hall–Kier alpha value is -2.63. The van der Waals surface area contributed by atoms with Crippen molar-refractivity contribution in [3.05, 3.63) is 53.1 Å². The van der Waals surface area contributed by atoms with Gasteiger partial charge in [-0.15, -0.1) is 0 Å². The molecule has 1 amide bonds. The number of fused-ring (bicyclic) bond motifs is 1. The average Bonchev–Trinajstić information content (AvgIpc) is 2.87. The molecule has 0 bridgehead atoms. The Kier molecular flexibility index (Phi) is 5.08. The SMILES string of the molecule is C[C@H](O)[C@H]1C=Cc2c(cn(C)c2C(=O)Nc2cc(F)c(F)c(F)c2)S(=O)(=O)N1. The zero-order valence-corrected chi connectivity index (χ0v) is 15.5. The Balaban J connectivity index is 2.04. The van der Waals surface area contributed by atoms with Crippen molar-refractivity contribution < 1.29 is 31.5 Å². The van der Waals surface area contributed by atoms with E-state index in [-0.39, 0.29) is 21.8 Å². The fourth-order valence-electron chi connectivity index (χ4n) is 2.83. The van der Waals surface area contributed by atoms with Crippen molar-refractivity contribution in [3.63, 3.8) is 0 Å². The Morgan fingerprint density at radius 2 is 1.89 bits per heavy atom. The second kappa shape index (κ2) is 7.08. The highest BCUT2D eigenvalue weighted by molar-refractivity contribution is 7.89. The molecule has 0 radical (unpaired) electrons. The third-order valence-electron chi connectivity index (χ3n) is 4.21. The summed E-state index contributed by atoms with van der Waals surface area (Å²) in [6, 6.07) is 0.310. The minimum absolute atomic E-state index is 0.0405. The van der Waals surface area contributed by atoms with Gasteiger partial charge < -0.3 is 15.0 Å². The standard InChI is InChI=1S/C17H16F3N3O4S/c1-8(24)13-4-3-10-14(28(26,27)22-13)7-23(2)16(10)17(25)21-9-5-11(18)15(20)12(19)6-9/h3-8,13,22,24H,1-2H3,(H,21,25)/t8-,13+/m0/s1. The molecule has 0 unspecified atom stereocenters. The molecule has 0 fully saturated rings. The smallest absolute Gasteiger partial charge is 0.272 e. The number of rotatable bonds is 3. The van der Waals surface area contributed by atoms with Gasteiger partial charge in [-0.2, -0.15) is 0 Å². The number of nitrogens with zero attached hydrogens (tertiary/aromatic N) is 1. The maximum absolute atomic E-state index is 13.4. The van der Waals surface area contributed by atoms with Gasteiger partial charge in [-0.05, 0) is 6.92 Å². The first-order valence-corrected chi connectivity index (χ1v) is 9.53. The third-order valence-corrected chi connectivity index (χ3v) is 5.70. The number of halogens is 3. The summed E-state index contributed by atoms with van der Waals surface area (Å²) in [5, 5.41) is 11.9. The number of aromatic nitrogens is 1. The summed E-state index contributed by atoms with van der Waals surface area (Å²) in [4.78, 5) is 12.4. The predicted octanol–water partition coefficient (Wildman–Crippen LogP) is 1.75. The lowest BCUT2D eigenvalue weighted by Gasteiger charge is -2.15. The second-order valence-corrected chi connectivity index (χ2v) is 8.00. The number of aliphatic hydroxyl groups is 1. The summed E-state index contributed by atoms with van der Waals surface area (Å²) in [5.41, 5.74) is -0.400. The van der Waals surface area contributed by atoms with E-state index in [1.54, 1.807) is 0 Å². The number of nitrogens with one attached hydrogen (secondary N) is 2. The summed E-state index contributed by atoms with van der Waals surface area (Å²) in [6.07, 6.45) is 2.94. The van der Waals surface area contributed by atoms with Crippen molar-refractivity contribution in [2.24, 2.45) is 7.05 Å². The topological polar surface area (TPSA) is 100 Å². The van der Waals surface area contributed by atoms with Crippen LogP contribution in [0.3, 0.4) is 0 Å². The van der Waals surface area contributed by atoms with Gasteiger partial charge in [0.15, 0.2) is 17.5 Å². The van der Waals surface area contributed by atoms with Crippen molar-refractivity contribution in [1.82, 2.24) is 9.29 Å². The van der Waals surface area contributed by atoms with E-state index in [0.29, 0.717) is 12.1 Å². The Labute approximate surface area is 158 Å². The number of amides is 1. The Morgan fingerprint density at radius 1 is 1.29 bits per heavy atom. The van der Waals surface area contributed by atoms with Crippen LogP contribution in [0, 0.1) is 17.5 Å². The van der Waals surface area contributed by atoms with Crippen molar-refractivity contribution >= 4 is 27.7 Å². The summed E-state index contributed by atoms with van der Waals surface area (Å²) in [5.74, 6) is -5.49. The molecule has 0 saturated carbocycles. The van der Waals surface area contributed by atoms with Gasteiger partial charge in [0.1, 0.15) is 10.6 Å². The fourth-order valence-corrected chi connectivity index (χ4v) is 4.35. The number of hydrogen-bond acceptors (Lipinski definition) is 4. The lowest BCUT2D eigenvalue weighted by molar-refractivity contribution is 0.101. The molecule has 11 heteroatoms. The van der Waals surface area contributed by atoms with Crippen LogP contribution in [0.25, 0.3) is 6.08 Å². The minimum Gasteiger partial charge on any atom is -0.391 e. The molecule has 2 heterocycles. The molecule has 2 aromatic rings. The van der Waals surface area contributed by atoms with Gasteiger partial charge >= 0.3 is 0 Å². The second-order valence-electron chi connectivity index (χ2n) is 6.32. The van der Waals surface area contributed by atoms with E-state index >= 15 is 0 Å². The van der Waals surface area contributed by atoms with E-state index in [4.69, 9.17) is 0 Å². The zero-order chi connectivity index (χ0) is 20.8. The molecule has 1 aromatic carbocycles. The lowest BCUT2D eigenvalue weighted by Crippen LogP contribution is -2.39. The average molecular weight is 415 g/mol. The molecule has 1 aliphatic heterocycles. The summed E-state index contributed by atoms with van der Waals surface area (Å²) < 4.78 is 68.4. The van der Waals surface area contributed by atoms with Gasteiger partial charge in [-0.3, -0.25) is 4.79 Å². The first-order chi connectivity index (χ1) is 13.0. The molecule has 1 aliphatic rings. The van der Waals surface area contributed by atoms with Gasteiger partial charge in [0.05, 0.1) is 12.1 Å². The largest absolute Gasteiger partial charge is 0.391 e. The molecular formula is C17H16F3N3O4S. The summed E-state index contributed by atoms with van der Waals surface area (Å²) in [6.45, 7) is 1.40. The van der Waals surface area contributed by atoms with Gasteiger partial charge in [0.25, 0.3) is 5.91 Å². The van der Waals surface area contributed by atoms with Crippen molar-refractivity contribution in [2.75, 3.05) is 5.32 Å². The number of aryl methyl sites for hydroxylation is 1. The highest BCUT2D eigenvalue weighted by Gasteiger charge is 2.31. The van der Waals surface area contributed by atoms with Crippen LogP contribution in [-0.4, -0.2) is 36.1 Å². The van der Waals surface area contributed by atoms with Crippen molar-refractivity contribution in [3.8, 4) is 0 Å². The molecule has 7 nitrogen and oxygen atoms in total. The van der Waals surface area contributed by atoms with Crippen LogP contribution in [-0.2, 0) is 17.1 Å². The molecule has 2 atom stereocenters. The van der Waals surface area contributed by atoms with Crippen LogP contribution in [0.2, 0.25) is 0 Å². The fraction of sp³-hybridized carbons (Fsp3) is 0.235. The molecule has 0 spiro atoms. The molecule has 3 rings (SSSR count). The van der Waals surface area contributed by atoms with Crippen molar-refractivity contribution in [1.29, 1.82) is 0 Å². The van der Waals surface area contributed by atoms with E-state index in [1.165, 1.54) is 36.9 Å². The van der Waals surface area contributed by atoms with Crippen LogP contribution >= 0.6 is 0 Å². The van der Waals surface area contributed by atoms with Gasteiger partial charge in [0.2, 0.25) is 10.0 Å². The lowest BCUT2D eigenvalue weighted by atomic mass is 10.1. The first kappa shape index (κ1) is 20.1. The monoisotopic (exact) mass is 415 g/mol.